The Morgan fingerprint density at radius 2 is 1.76 bits per heavy atom. The van der Waals surface area contributed by atoms with Crippen LogP contribution in [0.4, 0.5) is 11.5 Å². The number of hydrogen-bond donors (Lipinski definition) is 3. The Morgan fingerprint density at radius 3 is 2.45 bits per heavy atom. The fourth-order valence-corrected chi connectivity index (χ4v) is 2.81. The van der Waals surface area contributed by atoms with E-state index >= 15 is 0 Å². The van der Waals surface area contributed by atoms with Crippen LogP contribution in [-0.4, -0.2) is 33.4 Å². The second-order valence-corrected chi connectivity index (χ2v) is 6.57. The fraction of sp³-hybridized carbons (Fsp3) is 0.238. The van der Waals surface area contributed by atoms with Crippen molar-refractivity contribution in [1.29, 1.82) is 0 Å². The standard InChI is InChI=1S/C21H24N6O2/c1-2-15-8-10-17(11-9-15)24-18(28)14-27-20(22)19(25-26-27)21(29)23-13-12-16-6-4-3-5-7-16/h3-11H,2,12-14,22H2,1H3,(H,23,29)(H,24,28). The van der Waals surface area contributed by atoms with Gasteiger partial charge in [0, 0.05) is 12.2 Å². The van der Waals surface area contributed by atoms with Crippen LogP contribution >= 0.6 is 0 Å². The number of benzene rings is 2. The number of nitrogens with one attached hydrogen (secondary N) is 2. The van der Waals surface area contributed by atoms with Gasteiger partial charge in [-0.15, -0.1) is 5.10 Å². The van der Waals surface area contributed by atoms with Gasteiger partial charge in [-0.05, 0) is 36.1 Å². The minimum absolute atomic E-state index is 0.0122. The lowest BCUT2D eigenvalue weighted by Gasteiger charge is -2.07. The van der Waals surface area contributed by atoms with Crippen LogP contribution in [0.15, 0.2) is 54.6 Å². The number of carbonyl (C=O) groups excluding carboxylic acids is 2. The summed E-state index contributed by atoms with van der Waals surface area (Å²) < 4.78 is 1.21. The molecule has 1 aromatic heterocycles. The Morgan fingerprint density at radius 1 is 1.03 bits per heavy atom. The molecule has 3 rings (SSSR count). The molecule has 0 fully saturated rings. The number of carbonyl (C=O) groups is 2. The van der Waals surface area contributed by atoms with E-state index in [1.54, 1.807) is 0 Å². The van der Waals surface area contributed by atoms with Gasteiger partial charge in [0.2, 0.25) is 5.91 Å². The maximum atomic E-state index is 12.3. The first-order valence-electron chi connectivity index (χ1n) is 9.46. The number of aromatic nitrogens is 3. The molecule has 0 aliphatic heterocycles. The summed E-state index contributed by atoms with van der Waals surface area (Å²) in [4.78, 5) is 24.5. The molecule has 2 aromatic carbocycles. The quantitative estimate of drug-likeness (QED) is 0.543. The predicted octanol–water partition coefficient (Wildman–Crippen LogP) is 2.03. The van der Waals surface area contributed by atoms with Crippen LogP contribution in [0.25, 0.3) is 0 Å². The Balaban J connectivity index is 1.53. The fourth-order valence-electron chi connectivity index (χ4n) is 2.81. The number of rotatable bonds is 8. The molecule has 2 amide bonds. The zero-order chi connectivity index (χ0) is 20.6. The van der Waals surface area contributed by atoms with E-state index < -0.39 is 5.91 Å². The van der Waals surface area contributed by atoms with Gasteiger partial charge < -0.3 is 16.4 Å². The summed E-state index contributed by atoms with van der Waals surface area (Å²) in [5, 5.41) is 13.2. The zero-order valence-corrected chi connectivity index (χ0v) is 16.3. The smallest absolute Gasteiger partial charge is 0.275 e. The van der Waals surface area contributed by atoms with Gasteiger partial charge in [0.05, 0.1) is 0 Å². The molecule has 3 aromatic rings. The van der Waals surface area contributed by atoms with Crippen LogP contribution < -0.4 is 16.4 Å². The highest BCUT2D eigenvalue weighted by Crippen LogP contribution is 2.11. The van der Waals surface area contributed by atoms with Gasteiger partial charge in [-0.25, -0.2) is 4.68 Å². The Kier molecular flexibility index (Phi) is 6.57. The maximum absolute atomic E-state index is 12.3. The van der Waals surface area contributed by atoms with Crippen molar-refractivity contribution in [3.05, 3.63) is 71.4 Å². The maximum Gasteiger partial charge on any atom is 0.275 e. The van der Waals surface area contributed by atoms with Crippen LogP contribution in [0, 0.1) is 0 Å². The normalized spacial score (nSPS) is 10.5. The lowest BCUT2D eigenvalue weighted by Crippen LogP contribution is -2.27. The summed E-state index contributed by atoms with van der Waals surface area (Å²) >= 11 is 0. The Labute approximate surface area is 169 Å². The molecule has 8 nitrogen and oxygen atoms in total. The minimum Gasteiger partial charge on any atom is -0.382 e. The van der Waals surface area contributed by atoms with Gasteiger partial charge in [-0.2, -0.15) is 0 Å². The summed E-state index contributed by atoms with van der Waals surface area (Å²) in [6, 6.07) is 17.4. The van der Waals surface area contributed by atoms with E-state index in [4.69, 9.17) is 5.73 Å². The van der Waals surface area contributed by atoms with Crippen LogP contribution in [-0.2, 0) is 24.2 Å². The monoisotopic (exact) mass is 392 g/mol. The molecule has 1 heterocycles. The largest absolute Gasteiger partial charge is 0.382 e. The van der Waals surface area contributed by atoms with E-state index in [1.807, 2.05) is 54.6 Å². The second kappa shape index (κ2) is 9.50. The first-order chi connectivity index (χ1) is 14.1. The van der Waals surface area contributed by atoms with Crippen molar-refractivity contribution < 1.29 is 9.59 Å². The van der Waals surface area contributed by atoms with Gasteiger partial charge in [0.15, 0.2) is 11.5 Å². The number of nitrogens with two attached hydrogens (primary N) is 1. The first-order valence-corrected chi connectivity index (χ1v) is 9.46. The minimum atomic E-state index is -0.416. The van der Waals surface area contributed by atoms with Crippen LogP contribution in [0.3, 0.4) is 0 Å². The molecule has 0 atom stereocenters. The highest BCUT2D eigenvalue weighted by molar-refractivity contribution is 5.96. The Bertz CT molecular complexity index is 967. The molecule has 0 saturated heterocycles. The third-order valence-electron chi connectivity index (χ3n) is 4.47. The molecule has 150 valence electrons. The zero-order valence-electron chi connectivity index (χ0n) is 16.3. The molecule has 0 radical (unpaired) electrons. The van der Waals surface area contributed by atoms with E-state index in [0.29, 0.717) is 18.7 Å². The van der Waals surface area contributed by atoms with E-state index in [2.05, 4.69) is 27.9 Å². The molecule has 0 unspecified atom stereocenters. The van der Waals surface area contributed by atoms with Crippen molar-refractivity contribution in [2.24, 2.45) is 0 Å². The predicted molar refractivity (Wildman–Crippen MR) is 111 cm³/mol. The van der Waals surface area contributed by atoms with Crippen molar-refractivity contribution in [1.82, 2.24) is 20.3 Å². The second-order valence-electron chi connectivity index (χ2n) is 6.57. The highest BCUT2D eigenvalue weighted by Gasteiger charge is 2.18. The van der Waals surface area contributed by atoms with Crippen LogP contribution in [0.2, 0.25) is 0 Å². The van der Waals surface area contributed by atoms with Gasteiger partial charge in [-0.3, -0.25) is 9.59 Å². The van der Waals surface area contributed by atoms with Crippen LogP contribution in [0.5, 0.6) is 0 Å². The molecule has 4 N–H and O–H groups in total. The van der Waals surface area contributed by atoms with E-state index in [0.717, 1.165) is 12.0 Å². The Hall–Kier alpha value is -3.68. The van der Waals surface area contributed by atoms with E-state index in [9.17, 15) is 9.59 Å². The van der Waals surface area contributed by atoms with Crippen LogP contribution in [0.1, 0.15) is 28.5 Å². The topological polar surface area (TPSA) is 115 Å². The number of hydrogen-bond acceptors (Lipinski definition) is 5. The van der Waals surface area contributed by atoms with E-state index in [1.165, 1.54) is 10.2 Å². The number of aryl methyl sites for hydroxylation is 1. The molecule has 0 bridgehead atoms. The van der Waals surface area contributed by atoms with Gasteiger partial charge in [0.25, 0.3) is 5.91 Å². The molecule has 0 saturated carbocycles. The summed E-state index contributed by atoms with van der Waals surface area (Å²) in [7, 11) is 0. The number of anilines is 2. The summed E-state index contributed by atoms with van der Waals surface area (Å²) in [6.07, 6.45) is 1.62. The molecular formula is C21H24N6O2. The molecule has 0 spiro atoms. The van der Waals surface area contributed by atoms with E-state index in [-0.39, 0.29) is 24.0 Å². The highest BCUT2D eigenvalue weighted by atomic mass is 16.2. The van der Waals surface area contributed by atoms with Gasteiger partial charge in [0.1, 0.15) is 6.54 Å². The van der Waals surface area contributed by atoms with Crippen molar-refractivity contribution in [2.75, 3.05) is 17.6 Å². The molecular weight excluding hydrogens is 368 g/mol. The van der Waals surface area contributed by atoms with Crippen molar-refractivity contribution in [3.8, 4) is 0 Å². The van der Waals surface area contributed by atoms with Gasteiger partial charge in [-0.1, -0.05) is 54.6 Å². The van der Waals surface area contributed by atoms with Crippen molar-refractivity contribution in [3.63, 3.8) is 0 Å². The average molecular weight is 392 g/mol. The third-order valence-corrected chi connectivity index (χ3v) is 4.47. The number of amides is 2. The molecule has 8 heteroatoms. The lowest BCUT2D eigenvalue weighted by atomic mass is 10.1. The lowest BCUT2D eigenvalue weighted by molar-refractivity contribution is -0.116. The van der Waals surface area contributed by atoms with Crippen molar-refractivity contribution >= 4 is 23.3 Å². The molecule has 0 aliphatic rings. The SMILES string of the molecule is CCc1ccc(NC(=O)Cn2nnc(C(=O)NCCc3ccccc3)c2N)cc1. The van der Waals surface area contributed by atoms with Crippen molar-refractivity contribution in [2.45, 2.75) is 26.3 Å². The summed E-state index contributed by atoms with van der Waals surface area (Å²) in [5.74, 6) is -0.666. The number of nitrogen functional groups attached to an aromatic ring is 1. The number of nitrogens with zero attached hydrogens (tertiary/aromatic N) is 3. The molecule has 0 aliphatic carbocycles. The third kappa shape index (κ3) is 5.41. The van der Waals surface area contributed by atoms with Gasteiger partial charge >= 0.3 is 0 Å². The summed E-state index contributed by atoms with van der Waals surface area (Å²) in [5.41, 5.74) is 8.97. The average Bonchev–Trinajstić information content (AvgIpc) is 3.09. The first kappa shape index (κ1) is 20.1. The molecule has 29 heavy (non-hydrogen) atoms. The summed E-state index contributed by atoms with van der Waals surface area (Å²) in [6.45, 7) is 2.38.